The molecule has 0 spiro atoms. The van der Waals surface area contributed by atoms with Crippen molar-refractivity contribution in [1.82, 2.24) is 0 Å². The Labute approximate surface area is 233 Å². The lowest BCUT2D eigenvalue weighted by molar-refractivity contribution is 0.0693. The molecule has 0 unspecified atom stereocenters. The zero-order valence-corrected chi connectivity index (χ0v) is 23.5. The predicted octanol–water partition coefficient (Wildman–Crippen LogP) is 6.01. The van der Waals surface area contributed by atoms with Gasteiger partial charge in [-0.25, -0.2) is 4.79 Å². The van der Waals surface area contributed by atoms with E-state index in [1.54, 1.807) is 12.1 Å². The minimum atomic E-state index is -4.43. The van der Waals surface area contributed by atoms with E-state index in [2.05, 4.69) is 0 Å². The molecule has 4 rings (SSSR count). The van der Waals surface area contributed by atoms with Crippen molar-refractivity contribution in [2.75, 3.05) is 0 Å². The second-order valence-corrected chi connectivity index (χ2v) is 11.0. The summed E-state index contributed by atoms with van der Waals surface area (Å²) in [6.07, 6.45) is 1.20. The van der Waals surface area contributed by atoms with Crippen LogP contribution in [0.5, 0.6) is 11.5 Å². The fourth-order valence-corrected chi connectivity index (χ4v) is 5.59. The van der Waals surface area contributed by atoms with Gasteiger partial charge in [-0.15, -0.1) is 0 Å². The lowest BCUT2D eigenvalue weighted by Crippen LogP contribution is -2.14. The molecule has 0 fully saturated rings. The summed E-state index contributed by atoms with van der Waals surface area (Å²) in [6.45, 7) is 7.31. The van der Waals surface area contributed by atoms with E-state index >= 15 is 0 Å². The molecule has 8 nitrogen and oxygen atoms in total. The second kappa shape index (κ2) is 11.4. The Kier molecular flexibility index (Phi) is 8.16. The highest BCUT2D eigenvalue weighted by Crippen LogP contribution is 2.34. The van der Waals surface area contributed by atoms with Gasteiger partial charge in [-0.2, -0.15) is 8.42 Å². The number of hydrogen-bond acceptors (Lipinski definition) is 7. The van der Waals surface area contributed by atoms with E-state index in [0.717, 1.165) is 29.3 Å². The summed E-state index contributed by atoms with van der Waals surface area (Å²) in [5, 5.41) is 19.1. The summed E-state index contributed by atoms with van der Waals surface area (Å²) >= 11 is 0. The fraction of sp³-hybridized carbons (Fsp3) is 0.226. The van der Waals surface area contributed by atoms with Crippen LogP contribution in [-0.4, -0.2) is 30.4 Å². The summed E-state index contributed by atoms with van der Waals surface area (Å²) < 4.78 is 37.8. The Hall–Kier alpha value is -4.37. The molecule has 9 heteroatoms. The van der Waals surface area contributed by atoms with E-state index in [0.29, 0.717) is 53.0 Å². The van der Waals surface area contributed by atoms with Crippen molar-refractivity contribution in [2.24, 2.45) is 0 Å². The average Bonchev–Trinajstić information content (AvgIpc) is 3.20. The third-order valence-corrected chi connectivity index (χ3v) is 8.06. The third-order valence-electron chi connectivity index (χ3n) is 6.84. The number of hydrogen-bond donors (Lipinski definition) is 2. The maximum atomic E-state index is 13.9. The molecular weight excluding hydrogens is 532 g/mol. The normalized spacial score (nSPS) is 11.4. The van der Waals surface area contributed by atoms with Gasteiger partial charge in [-0.05, 0) is 67.6 Å². The monoisotopic (exact) mass is 562 g/mol. The van der Waals surface area contributed by atoms with Crippen LogP contribution >= 0.6 is 0 Å². The average molecular weight is 563 g/mol. The first-order valence-corrected chi connectivity index (χ1v) is 14.2. The zero-order chi connectivity index (χ0) is 29.2. The zero-order valence-electron chi connectivity index (χ0n) is 22.6. The first-order valence-electron chi connectivity index (χ1n) is 12.8. The van der Waals surface area contributed by atoms with Crippen LogP contribution in [0.3, 0.4) is 0 Å². The number of aryl methyl sites for hydroxylation is 3. The van der Waals surface area contributed by atoms with E-state index in [1.807, 2.05) is 58.0 Å². The molecule has 0 aliphatic heterocycles. The number of phenols is 1. The van der Waals surface area contributed by atoms with Gasteiger partial charge in [0.25, 0.3) is 0 Å². The number of benzene rings is 3. The first-order chi connectivity index (χ1) is 19.0. The minimum Gasteiger partial charge on any atom is -0.507 e. The molecule has 40 heavy (non-hydrogen) atoms. The largest absolute Gasteiger partial charge is 0.507 e. The Morgan fingerprint density at radius 2 is 1.55 bits per heavy atom. The van der Waals surface area contributed by atoms with Crippen molar-refractivity contribution in [3.05, 3.63) is 111 Å². The van der Waals surface area contributed by atoms with Crippen molar-refractivity contribution in [2.45, 2.75) is 51.9 Å². The Balaban J connectivity index is 1.74. The van der Waals surface area contributed by atoms with Gasteiger partial charge >= 0.3 is 16.1 Å². The van der Waals surface area contributed by atoms with Crippen LogP contribution in [-0.2, 0) is 29.4 Å². The highest BCUT2D eigenvalue weighted by molar-refractivity contribution is 7.87. The van der Waals surface area contributed by atoms with E-state index in [-0.39, 0.29) is 11.5 Å². The highest BCUT2D eigenvalue weighted by Gasteiger charge is 2.27. The maximum absolute atomic E-state index is 13.9. The SMILES string of the molecule is CCc1cc(C(=O)c2c(Cc3ccccc3)oc(C)c2C)cc(CC)c1OS(=O)(=O)c1ccc(C(=O)O)c(O)c1. The quantitative estimate of drug-likeness (QED) is 0.177. The Morgan fingerprint density at radius 3 is 2.10 bits per heavy atom. The summed E-state index contributed by atoms with van der Waals surface area (Å²) in [5.74, 6) is -0.985. The molecule has 0 aliphatic carbocycles. The molecule has 1 heterocycles. The Bertz CT molecular complexity index is 1670. The van der Waals surface area contributed by atoms with Gasteiger partial charge in [-0.3, -0.25) is 4.79 Å². The number of carboxylic acids is 1. The van der Waals surface area contributed by atoms with Gasteiger partial charge < -0.3 is 18.8 Å². The third kappa shape index (κ3) is 5.65. The molecule has 0 amide bonds. The van der Waals surface area contributed by atoms with Crippen LogP contribution < -0.4 is 4.18 Å². The molecule has 0 aliphatic rings. The van der Waals surface area contributed by atoms with E-state index < -0.39 is 32.3 Å². The molecule has 1 aromatic heterocycles. The molecule has 0 saturated heterocycles. The molecule has 0 radical (unpaired) electrons. The van der Waals surface area contributed by atoms with Gasteiger partial charge in [0.1, 0.15) is 33.5 Å². The standard InChI is InChI=1S/C31H30O8S/c1-5-21-15-23(29(33)28-18(3)19(4)38-27(28)14-20-10-8-7-9-11-20)16-22(6-2)30(21)39-40(36,37)24-12-13-25(31(34)35)26(32)17-24/h7-13,15-17,32H,5-6,14H2,1-4H3,(H,34,35). The van der Waals surface area contributed by atoms with Crippen LogP contribution in [0, 0.1) is 13.8 Å². The van der Waals surface area contributed by atoms with Crippen LogP contribution in [0.4, 0.5) is 0 Å². The number of furan rings is 1. The summed E-state index contributed by atoms with van der Waals surface area (Å²) in [7, 11) is -4.43. The molecule has 0 atom stereocenters. The topological polar surface area (TPSA) is 131 Å². The minimum absolute atomic E-state index is 0.105. The number of rotatable bonds is 10. The van der Waals surface area contributed by atoms with Crippen molar-refractivity contribution in [3.8, 4) is 11.5 Å². The summed E-state index contributed by atoms with van der Waals surface area (Å²) in [5.41, 5.74) is 3.23. The summed E-state index contributed by atoms with van der Waals surface area (Å²) in [4.78, 5) is 24.7. The number of ketones is 1. The smallest absolute Gasteiger partial charge is 0.339 e. The first kappa shape index (κ1) is 28.6. The van der Waals surface area contributed by atoms with Gasteiger partial charge in [0.05, 0.1) is 5.56 Å². The van der Waals surface area contributed by atoms with Crippen molar-refractivity contribution in [1.29, 1.82) is 0 Å². The van der Waals surface area contributed by atoms with Crippen LogP contribution in [0.1, 0.15) is 73.9 Å². The number of carbonyl (C=O) groups is 2. The van der Waals surface area contributed by atoms with E-state index in [1.165, 1.54) is 0 Å². The van der Waals surface area contributed by atoms with Crippen LogP contribution in [0.2, 0.25) is 0 Å². The molecule has 3 aromatic carbocycles. The van der Waals surface area contributed by atoms with Gasteiger partial charge in [0.2, 0.25) is 0 Å². The van der Waals surface area contributed by atoms with E-state index in [4.69, 9.17) is 13.7 Å². The number of carbonyl (C=O) groups excluding carboxylic acids is 1. The molecular formula is C31H30O8S. The molecule has 0 saturated carbocycles. The number of aromatic carboxylic acids is 1. The number of aromatic hydroxyl groups is 1. The van der Waals surface area contributed by atoms with Gasteiger partial charge in [0.15, 0.2) is 5.78 Å². The van der Waals surface area contributed by atoms with Crippen molar-refractivity contribution >= 4 is 21.9 Å². The molecule has 4 aromatic rings. The van der Waals surface area contributed by atoms with Crippen molar-refractivity contribution < 1.29 is 36.8 Å². The fourth-order valence-electron chi connectivity index (χ4n) is 4.57. The molecule has 208 valence electrons. The van der Waals surface area contributed by atoms with Crippen LogP contribution in [0.15, 0.2) is 70.0 Å². The van der Waals surface area contributed by atoms with Gasteiger partial charge in [-0.1, -0.05) is 44.2 Å². The van der Waals surface area contributed by atoms with Gasteiger partial charge in [0, 0.05) is 23.6 Å². The molecule has 2 N–H and O–H groups in total. The highest BCUT2D eigenvalue weighted by atomic mass is 32.2. The number of carboxylic acid groups (broad SMARTS) is 1. The van der Waals surface area contributed by atoms with E-state index in [9.17, 15) is 23.1 Å². The predicted molar refractivity (Wildman–Crippen MR) is 149 cm³/mol. The maximum Gasteiger partial charge on any atom is 0.339 e. The molecule has 0 bridgehead atoms. The van der Waals surface area contributed by atoms with Crippen LogP contribution in [0.25, 0.3) is 0 Å². The Morgan fingerprint density at radius 1 is 0.925 bits per heavy atom. The second-order valence-electron chi connectivity index (χ2n) is 9.43. The van der Waals surface area contributed by atoms with Crippen molar-refractivity contribution in [3.63, 3.8) is 0 Å². The summed E-state index contributed by atoms with van der Waals surface area (Å²) in [6, 6.07) is 15.9. The lowest BCUT2D eigenvalue weighted by atomic mass is 9.93. The lowest BCUT2D eigenvalue weighted by Gasteiger charge is -2.17.